The summed E-state index contributed by atoms with van der Waals surface area (Å²) in [6, 6.07) is 4.15. The maximum Gasteiger partial charge on any atom is 0.269 e. The number of nitro groups is 1. The topological polar surface area (TPSA) is 69.2 Å². The van der Waals surface area contributed by atoms with Crippen LogP contribution >= 0.6 is 11.6 Å². The van der Waals surface area contributed by atoms with Crippen molar-refractivity contribution in [1.82, 2.24) is 0 Å². The molecule has 0 heterocycles. The van der Waals surface area contributed by atoms with Crippen molar-refractivity contribution in [3.05, 3.63) is 38.9 Å². The summed E-state index contributed by atoms with van der Waals surface area (Å²) in [5, 5.41) is 11.1. The molecular formula is C11H15ClN2O2. The Kier molecular flexibility index (Phi) is 4.71. The largest absolute Gasteiger partial charge is 0.324 e. The van der Waals surface area contributed by atoms with Gasteiger partial charge in [0.1, 0.15) is 0 Å². The molecule has 88 valence electrons. The van der Waals surface area contributed by atoms with E-state index in [0.717, 1.165) is 19.3 Å². The van der Waals surface area contributed by atoms with Crippen LogP contribution in [-0.4, -0.2) is 4.92 Å². The molecule has 0 amide bonds. The van der Waals surface area contributed by atoms with E-state index < -0.39 is 4.92 Å². The zero-order chi connectivity index (χ0) is 12.1. The fourth-order valence-electron chi connectivity index (χ4n) is 1.51. The standard InChI is InChI=1S/C11H15ClN2O2/c1-2-3-4-11(13)9-7-8(14(15)16)5-6-10(9)12/h5-7,11H,2-4,13H2,1H3/t11-/m1/s1. The first-order valence-electron chi connectivity index (χ1n) is 5.25. The van der Waals surface area contributed by atoms with Gasteiger partial charge in [-0.15, -0.1) is 0 Å². The lowest BCUT2D eigenvalue weighted by Gasteiger charge is -2.12. The van der Waals surface area contributed by atoms with Crippen molar-refractivity contribution in [2.24, 2.45) is 5.73 Å². The van der Waals surface area contributed by atoms with Crippen LogP contribution in [0, 0.1) is 10.1 Å². The molecule has 0 aliphatic carbocycles. The van der Waals surface area contributed by atoms with Gasteiger partial charge in [0.15, 0.2) is 0 Å². The van der Waals surface area contributed by atoms with Gasteiger partial charge in [0, 0.05) is 23.2 Å². The van der Waals surface area contributed by atoms with Crippen molar-refractivity contribution in [2.45, 2.75) is 32.2 Å². The number of nitrogens with zero attached hydrogens (tertiary/aromatic N) is 1. The zero-order valence-electron chi connectivity index (χ0n) is 9.15. The van der Waals surface area contributed by atoms with Crippen molar-refractivity contribution in [3.8, 4) is 0 Å². The highest BCUT2D eigenvalue weighted by Gasteiger charge is 2.14. The molecule has 0 aromatic heterocycles. The molecule has 0 aliphatic heterocycles. The first-order chi connectivity index (χ1) is 7.56. The zero-order valence-corrected chi connectivity index (χ0v) is 9.91. The molecule has 0 fully saturated rings. The summed E-state index contributed by atoms with van der Waals surface area (Å²) < 4.78 is 0. The average Bonchev–Trinajstić information content (AvgIpc) is 2.26. The first kappa shape index (κ1) is 12.9. The van der Waals surface area contributed by atoms with Crippen LogP contribution < -0.4 is 5.73 Å². The minimum absolute atomic E-state index is 0.0337. The molecule has 1 rings (SSSR count). The van der Waals surface area contributed by atoms with Crippen LogP contribution in [0.4, 0.5) is 5.69 Å². The monoisotopic (exact) mass is 242 g/mol. The van der Waals surface area contributed by atoms with Crippen molar-refractivity contribution in [1.29, 1.82) is 0 Å². The Morgan fingerprint density at radius 2 is 2.25 bits per heavy atom. The number of halogens is 1. The molecule has 0 bridgehead atoms. The lowest BCUT2D eigenvalue weighted by molar-refractivity contribution is -0.384. The summed E-state index contributed by atoms with van der Waals surface area (Å²) in [5.74, 6) is 0. The fraction of sp³-hybridized carbons (Fsp3) is 0.455. The number of benzene rings is 1. The number of hydrogen-bond acceptors (Lipinski definition) is 3. The average molecular weight is 243 g/mol. The van der Waals surface area contributed by atoms with Crippen LogP contribution in [0.15, 0.2) is 18.2 Å². The smallest absolute Gasteiger partial charge is 0.269 e. The summed E-state index contributed by atoms with van der Waals surface area (Å²) in [4.78, 5) is 10.2. The molecule has 16 heavy (non-hydrogen) atoms. The Morgan fingerprint density at radius 3 is 2.81 bits per heavy atom. The third-order valence-electron chi connectivity index (χ3n) is 2.46. The second-order valence-corrected chi connectivity index (χ2v) is 4.12. The fourth-order valence-corrected chi connectivity index (χ4v) is 1.77. The summed E-state index contributed by atoms with van der Waals surface area (Å²) in [7, 11) is 0. The number of nitrogens with two attached hydrogens (primary N) is 1. The Bertz CT molecular complexity index is 382. The van der Waals surface area contributed by atoms with Gasteiger partial charge in [0.05, 0.1) is 4.92 Å². The van der Waals surface area contributed by atoms with Crippen LogP contribution in [0.1, 0.15) is 37.8 Å². The third-order valence-corrected chi connectivity index (χ3v) is 2.80. The summed E-state index contributed by atoms with van der Waals surface area (Å²) in [6.07, 6.45) is 2.82. The van der Waals surface area contributed by atoms with E-state index in [-0.39, 0.29) is 11.7 Å². The lowest BCUT2D eigenvalue weighted by atomic mass is 10.0. The summed E-state index contributed by atoms with van der Waals surface area (Å²) in [6.45, 7) is 2.07. The van der Waals surface area contributed by atoms with Crippen LogP contribution in [0.3, 0.4) is 0 Å². The van der Waals surface area contributed by atoms with Gasteiger partial charge in [-0.1, -0.05) is 31.4 Å². The molecule has 1 atom stereocenters. The summed E-state index contributed by atoms with van der Waals surface area (Å²) >= 11 is 5.97. The molecule has 0 aliphatic rings. The second-order valence-electron chi connectivity index (χ2n) is 3.71. The minimum atomic E-state index is -0.438. The van der Waals surface area contributed by atoms with Gasteiger partial charge < -0.3 is 5.73 Å². The molecule has 0 radical (unpaired) electrons. The summed E-state index contributed by atoms with van der Waals surface area (Å²) in [5.41, 5.74) is 6.63. The van der Waals surface area contributed by atoms with Crippen LogP contribution in [0.2, 0.25) is 5.02 Å². The van der Waals surface area contributed by atoms with E-state index in [4.69, 9.17) is 17.3 Å². The molecule has 0 saturated heterocycles. The predicted octanol–water partition coefficient (Wildman–Crippen LogP) is 3.44. The highest BCUT2D eigenvalue weighted by Crippen LogP contribution is 2.28. The number of non-ortho nitro benzene ring substituents is 1. The first-order valence-corrected chi connectivity index (χ1v) is 5.63. The Labute approximate surface area is 99.6 Å². The maximum absolute atomic E-state index is 10.6. The predicted molar refractivity (Wildman–Crippen MR) is 64.6 cm³/mol. The van der Waals surface area contributed by atoms with Gasteiger partial charge in [0.25, 0.3) is 5.69 Å². The van der Waals surface area contributed by atoms with E-state index in [1.807, 2.05) is 0 Å². The molecule has 2 N–H and O–H groups in total. The minimum Gasteiger partial charge on any atom is -0.324 e. The van der Waals surface area contributed by atoms with E-state index in [9.17, 15) is 10.1 Å². The van der Waals surface area contributed by atoms with E-state index in [1.165, 1.54) is 18.2 Å². The van der Waals surface area contributed by atoms with Crippen LogP contribution in [-0.2, 0) is 0 Å². The molecule has 5 heteroatoms. The van der Waals surface area contributed by atoms with Gasteiger partial charge in [0.2, 0.25) is 0 Å². The number of nitro benzene ring substituents is 1. The Balaban J connectivity index is 2.92. The highest BCUT2D eigenvalue weighted by molar-refractivity contribution is 6.31. The molecule has 1 aromatic carbocycles. The van der Waals surface area contributed by atoms with Crippen molar-refractivity contribution < 1.29 is 4.92 Å². The van der Waals surface area contributed by atoms with E-state index >= 15 is 0 Å². The number of hydrogen-bond donors (Lipinski definition) is 1. The van der Waals surface area contributed by atoms with Crippen LogP contribution in [0.5, 0.6) is 0 Å². The van der Waals surface area contributed by atoms with Gasteiger partial charge >= 0.3 is 0 Å². The third kappa shape index (κ3) is 3.18. The van der Waals surface area contributed by atoms with Gasteiger partial charge in [-0.3, -0.25) is 10.1 Å². The van der Waals surface area contributed by atoms with Gasteiger partial charge in [-0.25, -0.2) is 0 Å². The molecule has 1 aromatic rings. The molecule has 0 spiro atoms. The van der Waals surface area contributed by atoms with E-state index in [0.29, 0.717) is 10.6 Å². The maximum atomic E-state index is 10.6. The normalized spacial score (nSPS) is 12.4. The van der Waals surface area contributed by atoms with Crippen molar-refractivity contribution >= 4 is 17.3 Å². The van der Waals surface area contributed by atoms with Crippen LogP contribution in [0.25, 0.3) is 0 Å². The molecular weight excluding hydrogens is 228 g/mol. The Hall–Kier alpha value is -1.13. The van der Waals surface area contributed by atoms with E-state index in [1.54, 1.807) is 0 Å². The molecule has 0 saturated carbocycles. The molecule has 0 unspecified atom stereocenters. The Morgan fingerprint density at radius 1 is 1.56 bits per heavy atom. The van der Waals surface area contributed by atoms with Gasteiger partial charge in [-0.05, 0) is 18.1 Å². The highest BCUT2D eigenvalue weighted by atomic mass is 35.5. The number of rotatable bonds is 5. The van der Waals surface area contributed by atoms with Crippen molar-refractivity contribution in [3.63, 3.8) is 0 Å². The second kappa shape index (κ2) is 5.82. The van der Waals surface area contributed by atoms with Crippen molar-refractivity contribution in [2.75, 3.05) is 0 Å². The number of unbranched alkanes of at least 4 members (excludes halogenated alkanes) is 1. The van der Waals surface area contributed by atoms with E-state index in [2.05, 4.69) is 6.92 Å². The quantitative estimate of drug-likeness (QED) is 0.635. The SMILES string of the molecule is CCCC[C@@H](N)c1cc([N+](=O)[O-])ccc1Cl. The molecule has 4 nitrogen and oxygen atoms in total. The van der Waals surface area contributed by atoms with Gasteiger partial charge in [-0.2, -0.15) is 0 Å². The lowest BCUT2D eigenvalue weighted by Crippen LogP contribution is -2.11.